The number of rotatable bonds is 1. The minimum atomic E-state index is -1.50. The second-order valence-corrected chi connectivity index (χ2v) is 9.77. The predicted molar refractivity (Wildman–Crippen MR) is 98.5 cm³/mol. The summed E-state index contributed by atoms with van der Waals surface area (Å²) in [4.78, 5) is 24.3. The van der Waals surface area contributed by atoms with Crippen molar-refractivity contribution >= 4 is 11.6 Å². The molecule has 0 aliphatic heterocycles. The number of halogens is 1. The van der Waals surface area contributed by atoms with E-state index in [0.29, 0.717) is 18.4 Å². The molecule has 4 aliphatic rings. The standard InChI is InChI=1S/C22H29FO4/c1-11-7-15-14-9-17(23)16-8-13(25)5-6-20(16,3)19(14)18(26)10-21(15,4)22(11,27)12(2)24/h5-6,8,11,14-15,17-19,26-27H,7,9-10H2,1-4H3/t11?,14-,15-,17?,18?,19+,20-,21-,22-/m0/s1. The van der Waals surface area contributed by atoms with E-state index >= 15 is 4.39 Å². The average Bonchev–Trinajstić information content (AvgIpc) is 2.78. The average molecular weight is 376 g/mol. The van der Waals surface area contributed by atoms with E-state index in [2.05, 4.69) is 0 Å². The van der Waals surface area contributed by atoms with Crippen molar-refractivity contribution in [1.29, 1.82) is 0 Å². The van der Waals surface area contributed by atoms with E-state index in [4.69, 9.17) is 0 Å². The highest BCUT2D eigenvalue weighted by molar-refractivity contribution is 6.01. The number of carbonyl (C=O) groups excluding carboxylic acids is 2. The lowest BCUT2D eigenvalue weighted by Crippen LogP contribution is -2.62. The van der Waals surface area contributed by atoms with Crippen LogP contribution in [0.3, 0.4) is 0 Å². The van der Waals surface area contributed by atoms with Crippen LogP contribution in [-0.4, -0.2) is 39.7 Å². The van der Waals surface area contributed by atoms with Crippen LogP contribution in [0.2, 0.25) is 0 Å². The van der Waals surface area contributed by atoms with Gasteiger partial charge in [-0.2, -0.15) is 0 Å². The van der Waals surface area contributed by atoms with Gasteiger partial charge in [0.2, 0.25) is 0 Å². The second kappa shape index (κ2) is 5.60. The van der Waals surface area contributed by atoms with Gasteiger partial charge in [-0.05, 0) is 61.7 Å². The SMILES string of the molecule is CC(=O)[C@@]1(O)C(C)C[C@H]2[C@@H]3CC(F)C4=CC(=O)C=C[C@]4(C)[C@H]3C(O)C[C@@]21C. The molecule has 0 radical (unpaired) electrons. The molecule has 3 saturated carbocycles. The third-order valence-corrected chi connectivity index (χ3v) is 8.59. The first-order chi connectivity index (χ1) is 12.5. The van der Waals surface area contributed by atoms with E-state index in [9.17, 15) is 19.8 Å². The Morgan fingerprint density at radius 2 is 1.96 bits per heavy atom. The summed E-state index contributed by atoms with van der Waals surface area (Å²) < 4.78 is 15.2. The number of allylic oxidation sites excluding steroid dienone is 4. The van der Waals surface area contributed by atoms with Crippen LogP contribution in [0.5, 0.6) is 0 Å². The Labute approximate surface area is 159 Å². The molecule has 0 bridgehead atoms. The number of aliphatic hydroxyl groups excluding tert-OH is 1. The van der Waals surface area contributed by atoms with Gasteiger partial charge in [0.05, 0.1) is 6.10 Å². The summed E-state index contributed by atoms with van der Waals surface area (Å²) >= 11 is 0. The molecule has 0 aromatic carbocycles. The third kappa shape index (κ3) is 2.16. The molecule has 27 heavy (non-hydrogen) atoms. The van der Waals surface area contributed by atoms with Crippen molar-refractivity contribution in [3.8, 4) is 0 Å². The fraction of sp³-hybridized carbons (Fsp3) is 0.727. The summed E-state index contributed by atoms with van der Waals surface area (Å²) in [6, 6.07) is 0. The number of hydrogen-bond donors (Lipinski definition) is 2. The summed E-state index contributed by atoms with van der Waals surface area (Å²) in [6.45, 7) is 7.10. The molecule has 0 amide bonds. The van der Waals surface area contributed by atoms with Crippen LogP contribution >= 0.6 is 0 Å². The van der Waals surface area contributed by atoms with Gasteiger partial charge in [0, 0.05) is 16.7 Å². The molecular formula is C22H29FO4. The third-order valence-electron chi connectivity index (χ3n) is 8.59. The van der Waals surface area contributed by atoms with Gasteiger partial charge in [0.15, 0.2) is 11.6 Å². The molecule has 4 nitrogen and oxygen atoms in total. The van der Waals surface area contributed by atoms with Crippen LogP contribution in [0.1, 0.15) is 47.0 Å². The van der Waals surface area contributed by atoms with Crippen molar-refractivity contribution in [1.82, 2.24) is 0 Å². The highest BCUT2D eigenvalue weighted by atomic mass is 19.1. The van der Waals surface area contributed by atoms with E-state index in [0.717, 1.165) is 0 Å². The predicted octanol–water partition coefficient (Wildman–Crippen LogP) is 2.78. The lowest BCUT2D eigenvalue weighted by molar-refractivity contribution is -0.182. The molecule has 0 heterocycles. The van der Waals surface area contributed by atoms with Crippen LogP contribution in [0.15, 0.2) is 23.8 Å². The molecule has 9 atom stereocenters. The number of Topliss-reactive ketones (excluding diaryl/α,β-unsaturated/α-hetero) is 1. The first kappa shape index (κ1) is 19.0. The maximum Gasteiger partial charge on any atom is 0.178 e. The molecule has 5 heteroatoms. The molecule has 3 unspecified atom stereocenters. The lowest BCUT2D eigenvalue weighted by atomic mass is 9.46. The van der Waals surface area contributed by atoms with Gasteiger partial charge in [0.1, 0.15) is 11.8 Å². The largest absolute Gasteiger partial charge is 0.393 e. The summed E-state index contributed by atoms with van der Waals surface area (Å²) in [5.41, 5.74) is -2.52. The van der Waals surface area contributed by atoms with Crippen LogP contribution in [0, 0.1) is 34.5 Å². The van der Waals surface area contributed by atoms with Gasteiger partial charge in [-0.15, -0.1) is 0 Å². The Balaban J connectivity index is 1.82. The Kier molecular flexibility index (Phi) is 3.94. The maximum absolute atomic E-state index is 15.2. The molecule has 3 fully saturated rings. The van der Waals surface area contributed by atoms with Crippen molar-refractivity contribution in [2.24, 2.45) is 34.5 Å². The highest BCUT2D eigenvalue weighted by Crippen LogP contribution is 2.68. The molecule has 148 valence electrons. The fourth-order valence-corrected chi connectivity index (χ4v) is 7.42. The maximum atomic E-state index is 15.2. The zero-order chi connectivity index (χ0) is 19.9. The van der Waals surface area contributed by atoms with E-state index in [1.54, 1.807) is 6.08 Å². The van der Waals surface area contributed by atoms with Crippen molar-refractivity contribution in [3.63, 3.8) is 0 Å². The van der Waals surface area contributed by atoms with Crippen molar-refractivity contribution in [3.05, 3.63) is 23.8 Å². The Bertz CT molecular complexity index is 772. The highest BCUT2D eigenvalue weighted by Gasteiger charge is 2.70. The Morgan fingerprint density at radius 1 is 1.30 bits per heavy atom. The zero-order valence-electron chi connectivity index (χ0n) is 16.4. The number of ketones is 2. The molecule has 4 rings (SSSR count). The summed E-state index contributed by atoms with van der Waals surface area (Å²) in [5.74, 6) is -1.13. The lowest BCUT2D eigenvalue weighted by Gasteiger charge is -2.60. The quantitative estimate of drug-likeness (QED) is 0.738. The van der Waals surface area contributed by atoms with E-state index in [1.165, 1.54) is 19.1 Å². The van der Waals surface area contributed by atoms with Gasteiger partial charge < -0.3 is 10.2 Å². The monoisotopic (exact) mass is 376 g/mol. The minimum Gasteiger partial charge on any atom is -0.393 e. The first-order valence-corrected chi connectivity index (χ1v) is 9.97. The summed E-state index contributed by atoms with van der Waals surface area (Å²) in [6.07, 6.45) is 3.78. The molecule has 4 aliphatic carbocycles. The molecule has 0 aromatic rings. The minimum absolute atomic E-state index is 0.0440. The number of hydrogen-bond acceptors (Lipinski definition) is 4. The number of carbonyl (C=O) groups is 2. The topological polar surface area (TPSA) is 74.6 Å². The second-order valence-electron chi connectivity index (χ2n) is 9.77. The fourth-order valence-electron chi connectivity index (χ4n) is 7.42. The summed E-state index contributed by atoms with van der Waals surface area (Å²) in [7, 11) is 0. The summed E-state index contributed by atoms with van der Waals surface area (Å²) in [5, 5.41) is 22.6. The van der Waals surface area contributed by atoms with E-state index < -0.39 is 28.7 Å². The van der Waals surface area contributed by atoms with Crippen molar-refractivity contribution in [2.75, 3.05) is 0 Å². The molecule has 0 aromatic heterocycles. The van der Waals surface area contributed by atoms with Gasteiger partial charge >= 0.3 is 0 Å². The smallest absolute Gasteiger partial charge is 0.178 e. The zero-order valence-corrected chi connectivity index (χ0v) is 16.4. The van der Waals surface area contributed by atoms with E-state index in [1.807, 2.05) is 20.8 Å². The van der Waals surface area contributed by atoms with Crippen LogP contribution in [0.4, 0.5) is 4.39 Å². The van der Waals surface area contributed by atoms with Gasteiger partial charge in [-0.1, -0.05) is 26.8 Å². The first-order valence-electron chi connectivity index (χ1n) is 9.97. The van der Waals surface area contributed by atoms with Gasteiger partial charge in [0.25, 0.3) is 0 Å². The van der Waals surface area contributed by atoms with Gasteiger partial charge in [-0.3, -0.25) is 9.59 Å². The van der Waals surface area contributed by atoms with Crippen LogP contribution in [0.25, 0.3) is 0 Å². The normalized spacial score (nSPS) is 54.0. The Morgan fingerprint density at radius 3 is 2.59 bits per heavy atom. The van der Waals surface area contributed by atoms with Crippen molar-refractivity contribution in [2.45, 2.75) is 64.8 Å². The number of aliphatic hydroxyl groups is 2. The number of alkyl halides is 1. The molecular weight excluding hydrogens is 347 g/mol. The molecule has 0 spiro atoms. The van der Waals surface area contributed by atoms with Crippen LogP contribution < -0.4 is 0 Å². The number of fused-ring (bicyclic) bond motifs is 5. The molecule has 2 N–H and O–H groups in total. The Hall–Kier alpha value is -1.33. The van der Waals surface area contributed by atoms with E-state index in [-0.39, 0.29) is 41.7 Å². The molecule has 0 saturated heterocycles. The van der Waals surface area contributed by atoms with Gasteiger partial charge in [-0.25, -0.2) is 4.39 Å². The van der Waals surface area contributed by atoms with Crippen LogP contribution in [-0.2, 0) is 9.59 Å². The van der Waals surface area contributed by atoms with Crippen molar-refractivity contribution < 1.29 is 24.2 Å².